The maximum Gasteiger partial charge on any atom is 0.276 e. The van der Waals surface area contributed by atoms with Gasteiger partial charge < -0.3 is 13.8 Å². The molecule has 0 N–H and O–H groups in total. The van der Waals surface area contributed by atoms with Crippen LogP contribution in [0.5, 0.6) is 11.5 Å². The molecule has 0 amide bonds. The van der Waals surface area contributed by atoms with Crippen LogP contribution >= 0.6 is 11.6 Å². The highest BCUT2D eigenvalue weighted by Crippen LogP contribution is 2.40. The molecule has 0 aliphatic heterocycles. The van der Waals surface area contributed by atoms with E-state index in [1.807, 2.05) is 19.9 Å². The number of benzene rings is 2. The standard InChI is InChI=1S/C26H23ClN4O5S/c1-5-37(33,34)18-7-9-23(19(11-18)22-13-30(4)26(32)21-12-28-14-31(21)22)35-24-10-17(6-8-20(24)27)25-15(2)29-36-16(25)3/h6-14H,5H2,1-4H3. The number of hydrogen-bond acceptors (Lipinski definition) is 7. The number of aryl methyl sites for hydroxylation is 3. The number of halogens is 1. The van der Waals surface area contributed by atoms with Crippen molar-refractivity contribution < 1.29 is 17.7 Å². The zero-order valence-corrected chi connectivity index (χ0v) is 22.1. The lowest BCUT2D eigenvalue weighted by Crippen LogP contribution is -2.19. The molecule has 0 spiro atoms. The van der Waals surface area contributed by atoms with E-state index in [0.29, 0.717) is 39.1 Å². The van der Waals surface area contributed by atoms with Gasteiger partial charge in [0.25, 0.3) is 5.56 Å². The first-order valence-electron chi connectivity index (χ1n) is 11.4. The van der Waals surface area contributed by atoms with Crippen LogP contribution in [0, 0.1) is 13.8 Å². The Morgan fingerprint density at radius 1 is 1.11 bits per heavy atom. The molecular weight excluding hydrogens is 516 g/mol. The number of ether oxygens (including phenoxy) is 1. The first-order valence-corrected chi connectivity index (χ1v) is 13.4. The van der Waals surface area contributed by atoms with Crippen LogP contribution in [-0.4, -0.2) is 33.3 Å². The van der Waals surface area contributed by atoms with Crippen molar-refractivity contribution in [2.75, 3.05) is 5.75 Å². The first-order chi connectivity index (χ1) is 17.6. The van der Waals surface area contributed by atoms with Crippen LogP contribution in [0.1, 0.15) is 18.4 Å². The van der Waals surface area contributed by atoms with Crippen molar-refractivity contribution in [2.45, 2.75) is 25.7 Å². The van der Waals surface area contributed by atoms with E-state index in [1.54, 1.807) is 48.8 Å². The van der Waals surface area contributed by atoms with Crippen LogP contribution in [0.4, 0.5) is 0 Å². The van der Waals surface area contributed by atoms with E-state index in [4.69, 9.17) is 20.9 Å². The van der Waals surface area contributed by atoms with E-state index in [1.165, 1.54) is 23.2 Å². The second-order valence-electron chi connectivity index (χ2n) is 8.59. The highest BCUT2D eigenvalue weighted by Gasteiger charge is 2.21. The molecule has 5 rings (SSSR count). The van der Waals surface area contributed by atoms with Crippen molar-refractivity contribution in [3.05, 3.63) is 81.9 Å². The van der Waals surface area contributed by atoms with Crippen LogP contribution < -0.4 is 10.3 Å². The van der Waals surface area contributed by atoms with Crippen molar-refractivity contribution in [2.24, 2.45) is 7.05 Å². The SMILES string of the molecule is CCS(=O)(=O)c1ccc(Oc2cc(-c3c(C)noc3C)ccc2Cl)c(-c2cn(C)c(=O)c3cncn23)c1. The molecule has 2 aromatic carbocycles. The number of fused-ring (bicyclic) bond motifs is 1. The molecule has 0 saturated heterocycles. The van der Waals surface area contributed by atoms with Crippen molar-refractivity contribution in [3.8, 4) is 33.9 Å². The number of imidazole rings is 1. The largest absolute Gasteiger partial charge is 0.455 e. The van der Waals surface area contributed by atoms with Gasteiger partial charge in [0.2, 0.25) is 0 Å². The molecule has 3 aromatic heterocycles. The summed E-state index contributed by atoms with van der Waals surface area (Å²) < 4.78 is 40.1. The van der Waals surface area contributed by atoms with Gasteiger partial charge in [-0.1, -0.05) is 29.7 Å². The van der Waals surface area contributed by atoms with E-state index in [2.05, 4.69) is 10.1 Å². The molecule has 0 saturated carbocycles. The fraction of sp³-hybridized carbons (Fsp3) is 0.192. The average molecular weight is 539 g/mol. The summed E-state index contributed by atoms with van der Waals surface area (Å²) in [5, 5.41) is 4.38. The van der Waals surface area contributed by atoms with Crippen molar-refractivity contribution >= 4 is 27.0 Å². The van der Waals surface area contributed by atoms with Gasteiger partial charge in [0.1, 0.15) is 22.8 Å². The summed E-state index contributed by atoms with van der Waals surface area (Å²) in [7, 11) is -1.90. The number of rotatable bonds is 6. The Morgan fingerprint density at radius 3 is 2.59 bits per heavy atom. The molecule has 3 heterocycles. The Bertz CT molecular complexity index is 1820. The number of aromatic nitrogens is 4. The molecule has 190 valence electrons. The zero-order valence-electron chi connectivity index (χ0n) is 20.5. The minimum absolute atomic E-state index is 0.0638. The second-order valence-corrected chi connectivity index (χ2v) is 11.3. The third-order valence-corrected chi connectivity index (χ3v) is 8.24. The van der Waals surface area contributed by atoms with Crippen molar-refractivity contribution in [3.63, 3.8) is 0 Å². The van der Waals surface area contributed by atoms with Gasteiger partial charge in [-0.2, -0.15) is 0 Å². The van der Waals surface area contributed by atoms with Gasteiger partial charge in [0, 0.05) is 24.4 Å². The van der Waals surface area contributed by atoms with Gasteiger partial charge >= 0.3 is 0 Å². The molecule has 0 atom stereocenters. The first kappa shape index (κ1) is 24.8. The van der Waals surface area contributed by atoms with Crippen LogP contribution in [0.25, 0.3) is 27.9 Å². The fourth-order valence-corrected chi connectivity index (χ4v) is 5.30. The quantitative estimate of drug-likeness (QED) is 0.292. The van der Waals surface area contributed by atoms with Crippen LogP contribution in [0.15, 0.2) is 69.3 Å². The van der Waals surface area contributed by atoms with Crippen LogP contribution in [0.2, 0.25) is 5.02 Å². The highest BCUT2D eigenvalue weighted by molar-refractivity contribution is 7.91. The van der Waals surface area contributed by atoms with Gasteiger partial charge in [0.15, 0.2) is 9.84 Å². The molecular formula is C26H23ClN4O5S. The lowest BCUT2D eigenvalue weighted by atomic mass is 10.0. The Balaban J connectivity index is 1.72. The van der Waals surface area contributed by atoms with E-state index in [0.717, 1.165) is 16.8 Å². The number of hydrogen-bond donors (Lipinski definition) is 0. The summed E-state index contributed by atoms with van der Waals surface area (Å²) in [6, 6.07) is 9.97. The minimum atomic E-state index is -3.52. The maximum absolute atomic E-state index is 12.7. The lowest BCUT2D eigenvalue weighted by molar-refractivity contribution is 0.393. The summed E-state index contributed by atoms with van der Waals surface area (Å²) >= 11 is 6.51. The van der Waals surface area contributed by atoms with Gasteiger partial charge in [-0.05, 0) is 49.7 Å². The zero-order chi connectivity index (χ0) is 26.5. The Morgan fingerprint density at radius 2 is 1.89 bits per heavy atom. The third kappa shape index (κ3) is 4.32. The summed E-state index contributed by atoms with van der Waals surface area (Å²) in [5.41, 5.74) is 3.45. The van der Waals surface area contributed by atoms with Crippen molar-refractivity contribution in [1.82, 2.24) is 19.1 Å². The molecule has 9 nitrogen and oxygen atoms in total. The Kier molecular flexibility index (Phi) is 6.17. The molecule has 0 aliphatic rings. The number of nitrogens with zero attached hydrogens (tertiary/aromatic N) is 4. The monoisotopic (exact) mass is 538 g/mol. The molecule has 0 bridgehead atoms. The fourth-order valence-electron chi connectivity index (χ4n) is 4.24. The van der Waals surface area contributed by atoms with Crippen LogP contribution in [0.3, 0.4) is 0 Å². The summed E-state index contributed by atoms with van der Waals surface area (Å²) in [5.74, 6) is 1.30. The molecule has 0 radical (unpaired) electrons. The Labute approximate surface area is 217 Å². The molecule has 37 heavy (non-hydrogen) atoms. The van der Waals surface area contributed by atoms with Gasteiger partial charge in [0.05, 0.1) is 39.6 Å². The second kappa shape index (κ2) is 9.20. The van der Waals surface area contributed by atoms with E-state index in [9.17, 15) is 13.2 Å². The van der Waals surface area contributed by atoms with Gasteiger partial charge in [-0.25, -0.2) is 13.4 Å². The molecule has 0 aliphatic carbocycles. The summed E-state index contributed by atoms with van der Waals surface area (Å²) in [4.78, 5) is 16.9. The predicted octanol–water partition coefficient (Wildman–Crippen LogP) is 5.21. The van der Waals surface area contributed by atoms with E-state index < -0.39 is 9.84 Å². The minimum Gasteiger partial charge on any atom is -0.455 e. The molecule has 0 fully saturated rings. The topological polar surface area (TPSA) is 109 Å². The smallest absolute Gasteiger partial charge is 0.276 e. The van der Waals surface area contributed by atoms with Gasteiger partial charge in [-0.15, -0.1) is 0 Å². The normalized spacial score (nSPS) is 11.8. The maximum atomic E-state index is 12.7. The summed E-state index contributed by atoms with van der Waals surface area (Å²) in [6.07, 6.45) is 4.58. The third-order valence-electron chi connectivity index (χ3n) is 6.19. The van der Waals surface area contributed by atoms with Gasteiger partial charge in [-0.3, -0.25) is 9.20 Å². The van der Waals surface area contributed by atoms with Crippen LogP contribution in [-0.2, 0) is 16.9 Å². The van der Waals surface area contributed by atoms with E-state index in [-0.39, 0.29) is 16.2 Å². The van der Waals surface area contributed by atoms with Crippen molar-refractivity contribution in [1.29, 1.82) is 0 Å². The lowest BCUT2D eigenvalue weighted by Gasteiger charge is -2.16. The summed E-state index contributed by atoms with van der Waals surface area (Å²) in [6.45, 7) is 5.26. The molecule has 5 aromatic rings. The molecule has 0 unspecified atom stereocenters. The molecule has 11 heteroatoms. The predicted molar refractivity (Wildman–Crippen MR) is 140 cm³/mol. The van der Waals surface area contributed by atoms with E-state index >= 15 is 0 Å². The highest BCUT2D eigenvalue weighted by atomic mass is 35.5. The number of sulfone groups is 1. The average Bonchev–Trinajstić information content (AvgIpc) is 3.50. The Hall–Kier alpha value is -3.89.